The monoisotopic (exact) mass is 207 g/mol. The van der Waals surface area contributed by atoms with E-state index in [0.29, 0.717) is 11.8 Å². The lowest BCUT2D eigenvalue weighted by Gasteiger charge is -2.39. The standard InChI is InChI=1S/C13H21NO/c1-9-11(10-5-6-10)13(14-12(9)15)7-3-2-4-8-13/h9-11H,2-8H2,1H3,(H,14,15). The fraction of sp³-hybridized carbons (Fsp3) is 0.923. The van der Waals surface area contributed by atoms with Crippen molar-refractivity contribution in [3.8, 4) is 0 Å². The summed E-state index contributed by atoms with van der Waals surface area (Å²) in [5.41, 5.74) is 0.218. The van der Waals surface area contributed by atoms with Gasteiger partial charge in [0.05, 0.1) is 0 Å². The highest BCUT2D eigenvalue weighted by atomic mass is 16.2. The van der Waals surface area contributed by atoms with Crippen molar-refractivity contribution < 1.29 is 4.79 Å². The maximum Gasteiger partial charge on any atom is 0.223 e. The van der Waals surface area contributed by atoms with E-state index in [9.17, 15) is 4.79 Å². The summed E-state index contributed by atoms with van der Waals surface area (Å²) in [6.45, 7) is 2.14. The molecule has 1 amide bonds. The minimum atomic E-state index is 0.218. The minimum Gasteiger partial charge on any atom is -0.350 e. The summed E-state index contributed by atoms with van der Waals surface area (Å²) in [4.78, 5) is 11.9. The van der Waals surface area contributed by atoms with E-state index < -0.39 is 0 Å². The lowest BCUT2D eigenvalue weighted by Crippen LogP contribution is -2.48. The summed E-state index contributed by atoms with van der Waals surface area (Å²) in [6, 6.07) is 0. The third-order valence-corrected chi connectivity index (χ3v) is 4.84. The van der Waals surface area contributed by atoms with Gasteiger partial charge in [0.2, 0.25) is 5.91 Å². The van der Waals surface area contributed by atoms with Gasteiger partial charge in [-0.3, -0.25) is 4.79 Å². The second-order valence-corrected chi connectivity index (χ2v) is 5.86. The highest BCUT2D eigenvalue weighted by molar-refractivity contribution is 5.82. The first-order chi connectivity index (χ1) is 7.23. The number of rotatable bonds is 1. The van der Waals surface area contributed by atoms with Crippen molar-refractivity contribution in [2.24, 2.45) is 17.8 Å². The summed E-state index contributed by atoms with van der Waals surface area (Å²) in [7, 11) is 0. The van der Waals surface area contributed by atoms with Crippen LogP contribution in [0.25, 0.3) is 0 Å². The molecule has 2 aliphatic carbocycles. The maximum atomic E-state index is 11.9. The Kier molecular flexibility index (Phi) is 2.08. The molecule has 84 valence electrons. The number of carbonyl (C=O) groups excluding carboxylic acids is 1. The third kappa shape index (κ3) is 1.41. The lowest BCUT2D eigenvalue weighted by molar-refractivity contribution is -0.122. The van der Waals surface area contributed by atoms with Gasteiger partial charge in [-0.15, -0.1) is 0 Å². The molecule has 2 saturated carbocycles. The second-order valence-electron chi connectivity index (χ2n) is 5.86. The molecule has 1 N–H and O–H groups in total. The van der Waals surface area contributed by atoms with Crippen LogP contribution >= 0.6 is 0 Å². The molecule has 0 bridgehead atoms. The Morgan fingerprint density at radius 2 is 1.87 bits per heavy atom. The Bertz CT molecular complexity index is 276. The van der Waals surface area contributed by atoms with Crippen LogP contribution in [-0.4, -0.2) is 11.4 Å². The number of amides is 1. The fourth-order valence-electron chi connectivity index (χ4n) is 4.04. The molecule has 3 fully saturated rings. The van der Waals surface area contributed by atoms with Crippen molar-refractivity contribution in [3.63, 3.8) is 0 Å². The highest BCUT2D eigenvalue weighted by Crippen LogP contribution is 2.53. The topological polar surface area (TPSA) is 29.1 Å². The van der Waals surface area contributed by atoms with Gasteiger partial charge in [-0.1, -0.05) is 26.2 Å². The van der Waals surface area contributed by atoms with E-state index in [4.69, 9.17) is 0 Å². The summed E-state index contributed by atoms with van der Waals surface area (Å²) in [5, 5.41) is 3.35. The molecule has 1 saturated heterocycles. The number of carbonyl (C=O) groups is 1. The van der Waals surface area contributed by atoms with Crippen molar-refractivity contribution in [2.45, 2.75) is 57.4 Å². The van der Waals surface area contributed by atoms with Gasteiger partial charge < -0.3 is 5.32 Å². The first-order valence-corrected chi connectivity index (χ1v) is 6.55. The molecule has 2 heteroatoms. The van der Waals surface area contributed by atoms with Crippen molar-refractivity contribution in [1.82, 2.24) is 5.32 Å². The van der Waals surface area contributed by atoms with Crippen molar-refractivity contribution in [1.29, 1.82) is 0 Å². The van der Waals surface area contributed by atoms with Crippen LogP contribution in [0.5, 0.6) is 0 Å². The first-order valence-electron chi connectivity index (χ1n) is 6.55. The van der Waals surface area contributed by atoms with Crippen LogP contribution < -0.4 is 5.32 Å². The molecule has 2 unspecified atom stereocenters. The van der Waals surface area contributed by atoms with Crippen molar-refractivity contribution >= 4 is 5.91 Å². The van der Waals surface area contributed by atoms with Gasteiger partial charge in [0.1, 0.15) is 0 Å². The molecule has 1 aliphatic heterocycles. The van der Waals surface area contributed by atoms with E-state index in [1.807, 2.05) is 0 Å². The number of hydrogen-bond acceptors (Lipinski definition) is 1. The number of hydrogen-bond donors (Lipinski definition) is 1. The third-order valence-electron chi connectivity index (χ3n) is 4.84. The van der Waals surface area contributed by atoms with Crippen molar-refractivity contribution in [2.75, 3.05) is 0 Å². The molecule has 15 heavy (non-hydrogen) atoms. The molecule has 1 heterocycles. The Morgan fingerprint density at radius 1 is 1.20 bits per heavy atom. The van der Waals surface area contributed by atoms with Gasteiger partial charge in [0, 0.05) is 11.5 Å². The van der Waals surface area contributed by atoms with Gasteiger partial charge in [-0.05, 0) is 37.5 Å². The highest BCUT2D eigenvalue weighted by Gasteiger charge is 2.56. The molecule has 0 radical (unpaired) electrons. The Hall–Kier alpha value is -0.530. The van der Waals surface area contributed by atoms with Crippen LogP contribution in [0.2, 0.25) is 0 Å². The van der Waals surface area contributed by atoms with Gasteiger partial charge >= 0.3 is 0 Å². The van der Waals surface area contributed by atoms with Gasteiger partial charge in [-0.2, -0.15) is 0 Å². The molecule has 3 rings (SSSR count). The van der Waals surface area contributed by atoms with Crippen LogP contribution in [0.15, 0.2) is 0 Å². The average Bonchev–Trinajstić information content (AvgIpc) is 3.00. The molecule has 0 aromatic heterocycles. The molecular weight excluding hydrogens is 186 g/mol. The zero-order valence-electron chi connectivity index (χ0n) is 9.59. The molecule has 3 aliphatic rings. The molecule has 0 aromatic carbocycles. The molecular formula is C13H21NO. The van der Waals surface area contributed by atoms with Crippen LogP contribution in [0.4, 0.5) is 0 Å². The van der Waals surface area contributed by atoms with Gasteiger partial charge in [0.15, 0.2) is 0 Å². The SMILES string of the molecule is CC1C(=O)NC2(CCCCC2)C1C1CC1. The van der Waals surface area contributed by atoms with E-state index in [1.54, 1.807) is 0 Å². The predicted octanol–water partition coefficient (Wildman–Crippen LogP) is 2.48. The Balaban J connectivity index is 1.88. The Morgan fingerprint density at radius 3 is 2.47 bits per heavy atom. The summed E-state index contributed by atoms with van der Waals surface area (Å²) >= 11 is 0. The second kappa shape index (κ2) is 3.23. The van der Waals surface area contributed by atoms with Crippen LogP contribution in [0, 0.1) is 17.8 Å². The molecule has 1 spiro atoms. The summed E-state index contributed by atoms with van der Waals surface area (Å²) < 4.78 is 0. The zero-order valence-corrected chi connectivity index (χ0v) is 9.59. The van der Waals surface area contributed by atoms with Crippen molar-refractivity contribution in [3.05, 3.63) is 0 Å². The smallest absolute Gasteiger partial charge is 0.223 e. The normalized spacial score (nSPS) is 39.4. The van der Waals surface area contributed by atoms with E-state index in [-0.39, 0.29) is 11.5 Å². The minimum absolute atomic E-state index is 0.218. The largest absolute Gasteiger partial charge is 0.350 e. The number of nitrogens with one attached hydrogen (secondary N) is 1. The predicted molar refractivity (Wildman–Crippen MR) is 59.3 cm³/mol. The molecule has 2 atom stereocenters. The molecule has 2 nitrogen and oxygen atoms in total. The van der Waals surface area contributed by atoms with E-state index >= 15 is 0 Å². The summed E-state index contributed by atoms with van der Waals surface area (Å²) in [5.74, 6) is 2.12. The van der Waals surface area contributed by atoms with Gasteiger partial charge in [0.25, 0.3) is 0 Å². The Labute approximate surface area is 91.8 Å². The summed E-state index contributed by atoms with van der Waals surface area (Å²) in [6.07, 6.45) is 9.21. The average molecular weight is 207 g/mol. The lowest BCUT2D eigenvalue weighted by atomic mass is 9.69. The van der Waals surface area contributed by atoms with Crippen LogP contribution in [0.1, 0.15) is 51.9 Å². The maximum absolute atomic E-state index is 11.9. The van der Waals surface area contributed by atoms with Gasteiger partial charge in [-0.25, -0.2) is 0 Å². The van der Waals surface area contributed by atoms with Crippen LogP contribution in [0.3, 0.4) is 0 Å². The fourth-order valence-corrected chi connectivity index (χ4v) is 4.04. The zero-order chi connectivity index (χ0) is 10.5. The van der Waals surface area contributed by atoms with E-state index in [2.05, 4.69) is 12.2 Å². The van der Waals surface area contributed by atoms with E-state index in [0.717, 1.165) is 5.92 Å². The van der Waals surface area contributed by atoms with Crippen LogP contribution in [-0.2, 0) is 4.79 Å². The van der Waals surface area contributed by atoms with E-state index in [1.165, 1.54) is 44.9 Å². The first kappa shape index (κ1) is 9.68. The quantitative estimate of drug-likeness (QED) is 0.703. The molecule has 0 aromatic rings.